The summed E-state index contributed by atoms with van der Waals surface area (Å²) in [4.78, 5) is 23.4. The van der Waals surface area contributed by atoms with Crippen molar-refractivity contribution in [2.24, 2.45) is 5.14 Å². The van der Waals surface area contributed by atoms with Gasteiger partial charge in [-0.15, -0.1) is 0 Å². The molecule has 184 valence electrons. The number of morpholine rings is 1. The minimum Gasteiger partial charge on any atom is -0.378 e. The van der Waals surface area contributed by atoms with Crippen LogP contribution in [0.3, 0.4) is 0 Å². The van der Waals surface area contributed by atoms with Crippen molar-refractivity contribution in [1.82, 2.24) is 15.3 Å². The quantitative estimate of drug-likeness (QED) is 0.456. The maximum Gasteiger partial charge on any atom is 0.319 e. The minimum atomic E-state index is -3.88. The van der Waals surface area contributed by atoms with Crippen LogP contribution in [0.1, 0.15) is 18.2 Å². The van der Waals surface area contributed by atoms with E-state index in [0.717, 1.165) is 5.56 Å². The Bertz CT molecular complexity index is 1290. The van der Waals surface area contributed by atoms with Crippen LogP contribution in [0.15, 0.2) is 59.5 Å². The van der Waals surface area contributed by atoms with E-state index in [2.05, 4.69) is 10.6 Å². The molecule has 1 saturated heterocycles. The second kappa shape index (κ2) is 10.8. The van der Waals surface area contributed by atoms with E-state index in [1.807, 2.05) is 30.0 Å². The van der Waals surface area contributed by atoms with Crippen LogP contribution in [0, 0.1) is 0 Å². The highest BCUT2D eigenvalue weighted by Crippen LogP contribution is 2.25. The normalized spacial score (nSPS) is 13.9. The van der Waals surface area contributed by atoms with Gasteiger partial charge in [-0.2, -0.15) is 0 Å². The summed E-state index contributed by atoms with van der Waals surface area (Å²) >= 11 is 0. The zero-order valence-electron chi connectivity index (χ0n) is 19.4. The number of primary sulfonamides is 1. The van der Waals surface area contributed by atoms with Crippen molar-refractivity contribution < 1.29 is 17.9 Å². The molecule has 11 heteroatoms. The maximum atomic E-state index is 12.1. The summed E-state index contributed by atoms with van der Waals surface area (Å²) in [6.07, 6.45) is 0.274. The third kappa shape index (κ3) is 6.32. The predicted molar refractivity (Wildman–Crippen MR) is 134 cm³/mol. The zero-order chi connectivity index (χ0) is 24.8. The average molecular weight is 497 g/mol. The highest BCUT2D eigenvalue weighted by atomic mass is 32.2. The molecule has 0 atom stereocenters. The molecular weight excluding hydrogens is 468 g/mol. The van der Waals surface area contributed by atoms with Crippen LogP contribution in [-0.2, 0) is 21.2 Å². The number of amides is 2. The molecule has 3 aromatic rings. The number of nitrogens with two attached hydrogens (primary N) is 1. The molecule has 2 aromatic carbocycles. The van der Waals surface area contributed by atoms with Gasteiger partial charge in [-0.25, -0.2) is 28.3 Å². The van der Waals surface area contributed by atoms with E-state index >= 15 is 0 Å². The minimum absolute atomic E-state index is 0.0777. The fourth-order valence-corrected chi connectivity index (χ4v) is 4.58. The highest BCUT2D eigenvalue weighted by molar-refractivity contribution is 7.89. The standard InChI is InChI=1S/C24H28N6O4S/c1-2-26-24(31)28-19-9-7-17(8-10-19)21-16-20(27-23(29-21)30-11-13-34-14-12-30)15-18-5-3-4-6-22(18)35(25,32)33/h3-10,16H,2,11-15H2,1H3,(H2,25,32,33)(H2,26,28,31). The molecule has 35 heavy (non-hydrogen) atoms. The highest BCUT2D eigenvalue weighted by Gasteiger charge is 2.19. The van der Waals surface area contributed by atoms with E-state index in [-0.39, 0.29) is 17.3 Å². The van der Waals surface area contributed by atoms with Gasteiger partial charge >= 0.3 is 6.03 Å². The molecule has 0 unspecified atom stereocenters. The molecule has 0 spiro atoms. The lowest BCUT2D eigenvalue weighted by Gasteiger charge is -2.27. The second-order valence-corrected chi connectivity index (χ2v) is 9.57. The van der Waals surface area contributed by atoms with E-state index in [1.54, 1.807) is 30.3 Å². The van der Waals surface area contributed by atoms with Crippen molar-refractivity contribution in [2.45, 2.75) is 18.2 Å². The summed E-state index contributed by atoms with van der Waals surface area (Å²) in [6, 6.07) is 15.6. The first-order chi connectivity index (χ1) is 16.8. The molecule has 10 nitrogen and oxygen atoms in total. The van der Waals surface area contributed by atoms with Crippen LogP contribution in [0.4, 0.5) is 16.4 Å². The average Bonchev–Trinajstić information content (AvgIpc) is 2.85. The molecule has 1 aromatic heterocycles. The molecule has 1 fully saturated rings. The van der Waals surface area contributed by atoms with E-state index in [4.69, 9.17) is 19.8 Å². The fraction of sp³-hybridized carbons (Fsp3) is 0.292. The molecule has 1 aliphatic rings. The van der Waals surface area contributed by atoms with Crippen molar-refractivity contribution in [3.8, 4) is 11.3 Å². The van der Waals surface area contributed by atoms with E-state index in [1.165, 1.54) is 6.07 Å². The van der Waals surface area contributed by atoms with Gasteiger partial charge in [-0.1, -0.05) is 30.3 Å². The number of carbonyl (C=O) groups is 1. The van der Waals surface area contributed by atoms with E-state index in [9.17, 15) is 13.2 Å². The van der Waals surface area contributed by atoms with Crippen molar-refractivity contribution in [1.29, 1.82) is 0 Å². The van der Waals surface area contributed by atoms with Crippen LogP contribution in [0.25, 0.3) is 11.3 Å². The summed E-state index contributed by atoms with van der Waals surface area (Å²) in [5, 5.41) is 10.9. The molecule has 4 N–H and O–H groups in total. The van der Waals surface area contributed by atoms with Crippen LogP contribution in [-0.4, -0.2) is 57.3 Å². The first-order valence-electron chi connectivity index (χ1n) is 11.3. The third-order valence-electron chi connectivity index (χ3n) is 5.49. The number of rotatable bonds is 7. The smallest absolute Gasteiger partial charge is 0.319 e. The second-order valence-electron chi connectivity index (χ2n) is 8.04. The number of urea groups is 1. The number of anilines is 2. The van der Waals surface area contributed by atoms with Crippen LogP contribution < -0.4 is 20.7 Å². The molecular formula is C24H28N6O4S. The molecule has 2 amide bonds. The zero-order valence-corrected chi connectivity index (χ0v) is 20.2. The lowest BCUT2D eigenvalue weighted by molar-refractivity contribution is 0.122. The molecule has 0 saturated carbocycles. The number of benzene rings is 2. The van der Waals surface area contributed by atoms with Gasteiger partial charge in [-0.3, -0.25) is 0 Å². The Morgan fingerprint density at radius 1 is 1.09 bits per heavy atom. The van der Waals surface area contributed by atoms with Gasteiger partial charge in [0.25, 0.3) is 0 Å². The van der Waals surface area contributed by atoms with Gasteiger partial charge in [0.05, 0.1) is 29.5 Å². The number of nitrogens with zero attached hydrogens (tertiary/aromatic N) is 3. The summed E-state index contributed by atoms with van der Waals surface area (Å²) in [5.74, 6) is 0.554. The largest absolute Gasteiger partial charge is 0.378 e. The maximum absolute atomic E-state index is 12.1. The Labute approximate surface area is 204 Å². The van der Waals surface area contributed by atoms with Crippen molar-refractivity contribution in [3.05, 3.63) is 65.9 Å². The lowest BCUT2D eigenvalue weighted by Crippen LogP contribution is -2.37. The van der Waals surface area contributed by atoms with Crippen LogP contribution >= 0.6 is 0 Å². The van der Waals surface area contributed by atoms with Gasteiger partial charge in [0.1, 0.15) is 0 Å². The number of hydrogen-bond acceptors (Lipinski definition) is 7. The molecule has 2 heterocycles. The molecule has 0 aliphatic carbocycles. The summed E-state index contributed by atoms with van der Waals surface area (Å²) in [5.41, 5.74) is 3.41. The molecule has 4 rings (SSSR count). The first kappa shape index (κ1) is 24.6. The summed E-state index contributed by atoms with van der Waals surface area (Å²) in [6.45, 7) is 4.86. The number of aromatic nitrogens is 2. The molecule has 0 bridgehead atoms. The number of sulfonamides is 1. The van der Waals surface area contributed by atoms with Crippen LogP contribution in [0.2, 0.25) is 0 Å². The third-order valence-corrected chi connectivity index (χ3v) is 6.50. The topological polar surface area (TPSA) is 140 Å². The van der Waals surface area contributed by atoms with Gasteiger partial charge in [-0.05, 0) is 36.8 Å². The number of hydrogen-bond donors (Lipinski definition) is 3. The fourth-order valence-electron chi connectivity index (χ4n) is 3.81. The molecule has 1 aliphatic heterocycles. The van der Waals surface area contributed by atoms with E-state index < -0.39 is 10.0 Å². The van der Waals surface area contributed by atoms with Gasteiger partial charge in [0.2, 0.25) is 16.0 Å². The monoisotopic (exact) mass is 496 g/mol. The van der Waals surface area contributed by atoms with Gasteiger partial charge < -0.3 is 20.3 Å². The lowest BCUT2D eigenvalue weighted by atomic mass is 10.1. The van der Waals surface area contributed by atoms with Crippen molar-refractivity contribution in [2.75, 3.05) is 43.1 Å². The number of carbonyl (C=O) groups excluding carboxylic acids is 1. The van der Waals surface area contributed by atoms with Crippen LogP contribution in [0.5, 0.6) is 0 Å². The SMILES string of the molecule is CCNC(=O)Nc1ccc(-c2cc(Cc3ccccc3S(N)(=O)=O)nc(N3CCOCC3)n2)cc1. The Morgan fingerprint density at radius 3 is 2.49 bits per heavy atom. The van der Waals surface area contributed by atoms with Gasteiger partial charge in [0.15, 0.2) is 0 Å². The van der Waals surface area contributed by atoms with Gasteiger partial charge in [0, 0.05) is 37.3 Å². The van der Waals surface area contributed by atoms with Crippen molar-refractivity contribution in [3.63, 3.8) is 0 Å². The Kier molecular flexibility index (Phi) is 7.59. The van der Waals surface area contributed by atoms with E-state index in [0.29, 0.717) is 61.4 Å². The Hall–Kier alpha value is -3.54. The predicted octanol–water partition coefficient (Wildman–Crippen LogP) is 2.36. The summed E-state index contributed by atoms with van der Waals surface area (Å²) < 4.78 is 29.6. The number of nitrogens with one attached hydrogen (secondary N) is 2. The van der Waals surface area contributed by atoms with Crippen molar-refractivity contribution >= 4 is 27.7 Å². The summed E-state index contributed by atoms with van der Waals surface area (Å²) in [7, 11) is -3.88. The number of ether oxygens (including phenoxy) is 1. The molecule has 0 radical (unpaired) electrons. The Balaban J connectivity index is 1.69. The Morgan fingerprint density at radius 2 is 1.80 bits per heavy atom. The first-order valence-corrected chi connectivity index (χ1v) is 12.8.